The Labute approximate surface area is 166 Å². The van der Waals surface area contributed by atoms with Crippen molar-refractivity contribution in [3.63, 3.8) is 0 Å². The van der Waals surface area contributed by atoms with Gasteiger partial charge in [0, 0.05) is 25.5 Å². The highest BCUT2D eigenvalue weighted by Crippen LogP contribution is 2.34. The number of likely N-dealkylation sites (N-methyl/N-ethyl adjacent to an activating group) is 1. The first-order valence-electron chi connectivity index (χ1n) is 8.96. The largest absolute Gasteiger partial charge is 0.351 e. The molecule has 1 unspecified atom stereocenters. The number of hydrogen-bond donors (Lipinski definition) is 1. The molecule has 2 aromatic rings. The number of aryl methyl sites for hydroxylation is 2. The quantitative estimate of drug-likeness (QED) is 0.815. The lowest BCUT2D eigenvalue weighted by Crippen LogP contribution is -2.49. The zero-order valence-electron chi connectivity index (χ0n) is 16.4. The van der Waals surface area contributed by atoms with Crippen LogP contribution in [-0.2, 0) is 4.79 Å². The van der Waals surface area contributed by atoms with Crippen molar-refractivity contribution >= 4 is 28.9 Å². The molecule has 1 atom stereocenters. The molecule has 1 aliphatic heterocycles. The van der Waals surface area contributed by atoms with E-state index in [0.29, 0.717) is 10.7 Å². The highest BCUT2D eigenvalue weighted by molar-refractivity contribution is 7.80. The molecule has 0 saturated carbocycles. The summed E-state index contributed by atoms with van der Waals surface area (Å²) in [5.41, 5.74) is 5.85. The zero-order chi connectivity index (χ0) is 19.7. The van der Waals surface area contributed by atoms with Gasteiger partial charge in [0.05, 0.1) is 11.6 Å². The van der Waals surface area contributed by atoms with Gasteiger partial charge >= 0.3 is 0 Å². The minimum atomic E-state index is -0.270. The summed E-state index contributed by atoms with van der Waals surface area (Å²) < 4.78 is 0. The first-order valence-corrected chi connectivity index (χ1v) is 9.36. The molecular formula is C22H25N3OS. The average Bonchev–Trinajstić information content (AvgIpc) is 2.60. The van der Waals surface area contributed by atoms with Gasteiger partial charge in [0.25, 0.3) is 5.91 Å². The van der Waals surface area contributed by atoms with E-state index in [9.17, 15) is 4.79 Å². The molecule has 1 aliphatic rings. The van der Waals surface area contributed by atoms with Crippen molar-refractivity contribution in [3.05, 3.63) is 76.5 Å². The average molecular weight is 380 g/mol. The van der Waals surface area contributed by atoms with Gasteiger partial charge in [-0.1, -0.05) is 42.0 Å². The lowest BCUT2D eigenvalue weighted by atomic mass is 9.93. The number of nitrogens with one attached hydrogen (secondary N) is 1. The third kappa shape index (κ3) is 3.74. The van der Waals surface area contributed by atoms with Gasteiger partial charge in [-0.25, -0.2) is 0 Å². The second-order valence-electron chi connectivity index (χ2n) is 7.17. The number of nitrogens with zero attached hydrogens (tertiary/aromatic N) is 2. The number of hydrogen-bond acceptors (Lipinski definition) is 2. The molecule has 0 spiro atoms. The number of thiocarbonyl (C=S) groups is 1. The maximum atomic E-state index is 13.1. The van der Waals surface area contributed by atoms with Crippen molar-refractivity contribution in [2.24, 2.45) is 0 Å². The van der Waals surface area contributed by atoms with Gasteiger partial charge in [0.1, 0.15) is 0 Å². The minimum Gasteiger partial charge on any atom is -0.351 e. The topological polar surface area (TPSA) is 35.6 Å². The first kappa shape index (κ1) is 19.1. The highest BCUT2D eigenvalue weighted by atomic mass is 32.1. The fourth-order valence-corrected chi connectivity index (χ4v) is 3.80. The van der Waals surface area contributed by atoms with Crippen LogP contribution in [0.1, 0.15) is 29.7 Å². The molecule has 140 valence electrons. The Kier molecular flexibility index (Phi) is 5.33. The summed E-state index contributed by atoms with van der Waals surface area (Å²) in [5.74, 6) is -0.0216. The lowest BCUT2D eigenvalue weighted by molar-refractivity contribution is -0.125. The van der Waals surface area contributed by atoms with E-state index in [0.717, 1.165) is 28.1 Å². The van der Waals surface area contributed by atoms with Crippen LogP contribution in [0.4, 0.5) is 5.69 Å². The van der Waals surface area contributed by atoms with Crippen LogP contribution in [0, 0.1) is 13.8 Å². The first-order chi connectivity index (χ1) is 12.8. The van der Waals surface area contributed by atoms with Crippen LogP contribution < -0.4 is 10.2 Å². The Balaban J connectivity index is 2.18. The Morgan fingerprint density at radius 3 is 2.26 bits per heavy atom. The van der Waals surface area contributed by atoms with Crippen LogP contribution in [0.2, 0.25) is 0 Å². The monoisotopic (exact) mass is 379 g/mol. The summed E-state index contributed by atoms with van der Waals surface area (Å²) in [6.07, 6.45) is 0. The van der Waals surface area contributed by atoms with Gasteiger partial charge in [-0.3, -0.25) is 9.69 Å². The number of benzene rings is 2. The van der Waals surface area contributed by atoms with Crippen LogP contribution in [-0.4, -0.2) is 30.0 Å². The van der Waals surface area contributed by atoms with E-state index in [1.165, 1.54) is 0 Å². The molecule has 2 aromatic carbocycles. The number of rotatable bonds is 3. The Hall–Kier alpha value is -2.66. The van der Waals surface area contributed by atoms with E-state index in [4.69, 9.17) is 12.2 Å². The Morgan fingerprint density at radius 2 is 1.67 bits per heavy atom. The van der Waals surface area contributed by atoms with Gasteiger partial charge in [-0.2, -0.15) is 0 Å². The van der Waals surface area contributed by atoms with E-state index in [1.54, 1.807) is 19.0 Å². The number of amides is 1. The van der Waals surface area contributed by atoms with E-state index in [1.807, 2.05) is 62.1 Å². The predicted molar refractivity (Wildman–Crippen MR) is 115 cm³/mol. The SMILES string of the molecule is CC1=C(C(=O)N(C)C)C(c2cccc(C)c2)NC(=S)N1c1cccc(C)c1. The maximum Gasteiger partial charge on any atom is 0.253 e. The maximum absolute atomic E-state index is 13.1. The standard InChI is InChI=1S/C22H25N3OS/c1-14-8-6-10-17(12-14)20-19(21(26)24(4)5)16(3)25(22(27)23-20)18-11-7-9-15(2)13-18/h6-13,20H,1-5H3,(H,23,27). The molecule has 4 nitrogen and oxygen atoms in total. The number of anilines is 1. The molecule has 0 bridgehead atoms. The smallest absolute Gasteiger partial charge is 0.253 e. The van der Waals surface area contributed by atoms with E-state index in [2.05, 4.69) is 17.4 Å². The molecule has 0 saturated heterocycles. The van der Waals surface area contributed by atoms with E-state index in [-0.39, 0.29) is 11.9 Å². The Bertz CT molecular complexity index is 933. The molecule has 5 heteroatoms. The van der Waals surface area contributed by atoms with E-state index >= 15 is 0 Å². The molecule has 1 heterocycles. The van der Waals surface area contributed by atoms with Crippen molar-refractivity contribution < 1.29 is 4.79 Å². The van der Waals surface area contributed by atoms with Crippen molar-refractivity contribution in [2.45, 2.75) is 26.8 Å². The lowest BCUT2D eigenvalue weighted by Gasteiger charge is -2.38. The summed E-state index contributed by atoms with van der Waals surface area (Å²) in [7, 11) is 3.56. The molecule has 3 rings (SSSR count). The van der Waals surface area contributed by atoms with Crippen LogP contribution in [0.15, 0.2) is 59.8 Å². The Morgan fingerprint density at radius 1 is 1.04 bits per heavy atom. The van der Waals surface area contributed by atoms with Gasteiger partial charge in [0.15, 0.2) is 5.11 Å². The molecule has 0 aliphatic carbocycles. The summed E-state index contributed by atoms with van der Waals surface area (Å²) in [6.45, 7) is 6.06. The third-order valence-electron chi connectivity index (χ3n) is 4.76. The summed E-state index contributed by atoms with van der Waals surface area (Å²) in [5, 5.41) is 3.99. The van der Waals surface area contributed by atoms with Crippen molar-refractivity contribution in [2.75, 3.05) is 19.0 Å². The van der Waals surface area contributed by atoms with Crippen LogP contribution in [0.3, 0.4) is 0 Å². The summed E-state index contributed by atoms with van der Waals surface area (Å²) >= 11 is 5.70. The van der Waals surface area contributed by atoms with Crippen molar-refractivity contribution in [1.29, 1.82) is 0 Å². The van der Waals surface area contributed by atoms with Gasteiger partial charge in [-0.15, -0.1) is 0 Å². The van der Waals surface area contributed by atoms with Crippen molar-refractivity contribution in [1.82, 2.24) is 10.2 Å². The normalized spacial score (nSPS) is 17.0. The fraction of sp³-hybridized carbons (Fsp3) is 0.273. The predicted octanol–water partition coefficient (Wildman–Crippen LogP) is 4.10. The second kappa shape index (κ2) is 7.53. The molecule has 0 aromatic heterocycles. The van der Waals surface area contributed by atoms with E-state index < -0.39 is 0 Å². The van der Waals surface area contributed by atoms with Crippen LogP contribution in [0.5, 0.6) is 0 Å². The third-order valence-corrected chi connectivity index (χ3v) is 5.06. The molecular weight excluding hydrogens is 354 g/mol. The summed E-state index contributed by atoms with van der Waals surface area (Å²) in [6, 6.07) is 16.0. The zero-order valence-corrected chi connectivity index (χ0v) is 17.2. The molecule has 0 radical (unpaired) electrons. The molecule has 27 heavy (non-hydrogen) atoms. The van der Waals surface area contributed by atoms with Gasteiger partial charge in [-0.05, 0) is 56.2 Å². The minimum absolute atomic E-state index is 0.0216. The number of carbonyl (C=O) groups is 1. The van der Waals surface area contributed by atoms with Crippen LogP contribution >= 0.6 is 12.2 Å². The number of allylic oxidation sites excluding steroid dienone is 1. The molecule has 1 amide bonds. The highest BCUT2D eigenvalue weighted by Gasteiger charge is 2.35. The van der Waals surface area contributed by atoms with Gasteiger partial charge < -0.3 is 10.2 Å². The molecule has 1 N–H and O–H groups in total. The fourth-order valence-electron chi connectivity index (χ4n) is 3.44. The van der Waals surface area contributed by atoms with Gasteiger partial charge in [0.2, 0.25) is 0 Å². The van der Waals surface area contributed by atoms with Crippen molar-refractivity contribution in [3.8, 4) is 0 Å². The number of carbonyl (C=O) groups excluding carboxylic acids is 1. The second-order valence-corrected chi connectivity index (χ2v) is 7.56. The van der Waals surface area contributed by atoms with Crippen LogP contribution in [0.25, 0.3) is 0 Å². The summed E-state index contributed by atoms with van der Waals surface area (Å²) in [4.78, 5) is 16.7. The molecule has 0 fully saturated rings.